The number of hydrogen-bond acceptors (Lipinski definition) is 4. The monoisotopic (exact) mass is 597 g/mol. The molecule has 3 saturated carbocycles. The molecular weight excluding hydrogens is 542 g/mol. The van der Waals surface area contributed by atoms with Crippen molar-refractivity contribution >= 4 is 21.6 Å². The molecule has 4 aliphatic rings. The highest BCUT2D eigenvalue weighted by molar-refractivity contribution is 7.91. The summed E-state index contributed by atoms with van der Waals surface area (Å²) in [6.45, 7) is 14.1. The number of anilines is 1. The van der Waals surface area contributed by atoms with Gasteiger partial charge in [-0.2, -0.15) is 0 Å². The molecule has 0 heterocycles. The SMILES string of the molecule is CCS(=O)(=O)c1ccc(NC(=O)O[C@H]2CC[C@@]3(C)C(=CC[C@H]4[C@@H]5CC[C@H]([C@@H](C)CCCC(C)C)[C@@]5(C)CC[C@@H]43)C2)cc1. The molecular formula is C36H55NO4S. The van der Waals surface area contributed by atoms with Crippen molar-refractivity contribution < 1.29 is 17.9 Å². The van der Waals surface area contributed by atoms with Crippen molar-refractivity contribution in [3.05, 3.63) is 35.9 Å². The summed E-state index contributed by atoms with van der Waals surface area (Å²) in [4.78, 5) is 13.0. The van der Waals surface area contributed by atoms with E-state index in [9.17, 15) is 13.2 Å². The van der Waals surface area contributed by atoms with Gasteiger partial charge >= 0.3 is 6.09 Å². The quantitative estimate of drug-likeness (QED) is 0.288. The minimum atomic E-state index is -3.26. The van der Waals surface area contributed by atoms with Gasteiger partial charge in [-0.1, -0.05) is 72.5 Å². The van der Waals surface area contributed by atoms with Crippen LogP contribution in [0.3, 0.4) is 0 Å². The first-order valence-electron chi connectivity index (χ1n) is 16.9. The van der Waals surface area contributed by atoms with Crippen molar-refractivity contribution in [2.24, 2.45) is 46.3 Å². The molecule has 6 heteroatoms. The normalized spacial score (nSPS) is 35.0. The van der Waals surface area contributed by atoms with Gasteiger partial charge in [0.1, 0.15) is 6.10 Å². The van der Waals surface area contributed by atoms with Crippen LogP contribution >= 0.6 is 0 Å². The molecule has 42 heavy (non-hydrogen) atoms. The van der Waals surface area contributed by atoms with Crippen molar-refractivity contribution in [3.63, 3.8) is 0 Å². The lowest BCUT2D eigenvalue weighted by Gasteiger charge is -2.58. The van der Waals surface area contributed by atoms with Crippen LogP contribution < -0.4 is 5.32 Å². The number of hydrogen-bond donors (Lipinski definition) is 1. The van der Waals surface area contributed by atoms with E-state index in [4.69, 9.17) is 4.74 Å². The number of fused-ring (bicyclic) bond motifs is 5. The predicted octanol–water partition coefficient (Wildman–Crippen LogP) is 9.44. The molecule has 1 aromatic carbocycles. The van der Waals surface area contributed by atoms with Crippen molar-refractivity contribution in [1.82, 2.24) is 0 Å². The largest absolute Gasteiger partial charge is 0.446 e. The van der Waals surface area contributed by atoms with Crippen LogP contribution in [0.15, 0.2) is 40.8 Å². The molecule has 5 rings (SSSR count). The topological polar surface area (TPSA) is 72.5 Å². The maximum absolute atomic E-state index is 12.8. The van der Waals surface area contributed by atoms with Crippen LogP contribution in [0.25, 0.3) is 0 Å². The molecule has 0 unspecified atom stereocenters. The molecule has 1 amide bonds. The summed E-state index contributed by atoms with van der Waals surface area (Å²) in [5, 5.41) is 2.80. The van der Waals surface area contributed by atoms with E-state index in [2.05, 4.69) is 46.0 Å². The van der Waals surface area contributed by atoms with E-state index in [-0.39, 0.29) is 22.2 Å². The van der Waals surface area contributed by atoms with Gasteiger partial charge in [0, 0.05) is 12.1 Å². The first-order chi connectivity index (χ1) is 19.9. The summed E-state index contributed by atoms with van der Waals surface area (Å²) in [5.74, 6) is 4.97. The number of nitrogens with one attached hydrogen (secondary N) is 1. The minimum absolute atomic E-state index is 0.0537. The third-order valence-electron chi connectivity index (χ3n) is 12.4. The van der Waals surface area contributed by atoms with Crippen LogP contribution in [-0.2, 0) is 14.6 Å². The van der Waals surface area contributed by atoms with Crippen LogP contribution in [0.5, 0.6) is 0 Å². The van der Waals surface area contributed by atoms with Crippen molar-refractivity contribution in [2.45, 2.75) is 123 Å². The van der Waals surface area contributed by atoms with Gasteiger partial charge in [0.25, 0.3) is 0 Å². The average Bonchev–Trinajstić information content (AvgIpc) is 3.30. The van der Waals surface area contributed by atoms with Gasteiger partial charge in [0.15, 0.2) is 9.84 Å². The van der Waals surface area contributed by atoms with Gasteiger partial charge in [0.05, 0.1) is 10.6 Å². The third kappa shape index (κ3) is 6.08. The number of amides is 1. The number of carbonyl (C=O) groups excluding carboxylic acids is 1. The zero-order valence-electron chi connectivity index (χ0n) is 27.0. The molecule has 5 nitrogen and oxygen atoms in total. The molecule has 1 N–H and O–H groups in total. The van der Waals surface area contributed by atoms with E-state index in [1.165, 1.54) is 56.9 Å². The second kappa shape index (κ2) is 12.3. The fourth-order valence-electron chi connectivity index (χ4n) is 9.96. The second-order valence-electron chi connectivity index (χ2n) is 15.1. The Bertz CT molecular complexity index is 1250. The number of allylic oxidation sites excluding steroid dienone is 1. The lowest BCUT2D eigenvalue weighted by atomic mass is 9.47. The van der Waals surface area contributed by atoms with Gasteiger partial charge < -0.3 is 4.74 Å². The molecule has 0 radical (unpaired) electrons. The Labute approximate surface area is 255 Å². The molecule has 0 spiro atoms. The van der Waals surface area contributed by atoms with E-state index in [1.807, 2.05) is 0 Å². The Hall–Kier alpha value is -1.82. The van der Waals surface area contributed by atoms with Crippen molar-refractivity contribution in [2.75, 3.05) is 11.1 Å². The van der Waals surface area contributed by atoms with Crippen LogP contribution in [0.2, 0.25) is 0 Å². The van der Waals surface area contributed by atoms with Crippen LogP contribution in [0.1, 0.15) is 112 Å². The van der Waals surface area contributed by atoms with E-state index in [1.54, 1.807) is 31.2 Å². The molecule has 1 aromatic rings. The highest BCUT2D eigenvalue weighted by Crippen LogP contribution is 2.67. The predicted molar refractivity (Wildman–Crippen MR) is 171 cm³/mol. The fraction of sp³-hybridized carbons (Fsp3) is 0.750. The van der Waals surface area contributed by atoms with E-state index in [0.29, 0.717) is 11.1 Å². The van der Waals surface area contributed by atoms with Gasteiger partial charge in [-0.3, -0.25) is 5.32 Å². The Morgan fingerprint density at radius 2 is 1.74 bits per heavy atom. The van der Waals surface area contributed by atoms with Crippen LogP contribution in [0, 0.1) is 46.3 Å². The summed E-state index contributed by atoms with van der Waals surface area (Å²) < 4.78 is 30.1. The zero-order chi connectivity index (χ0) is 30.3. The molecule has 0 saturated heterocycles. The van der Waals surface area contributed by atoms with E-state index in [0.717, 1.165) is 54.8 Å². The Morgan fingerprint density at radius 3 is 2.43 bits per heavy atom. The number of carbonyl (C=O) groups is 1. The van der Waals surface area contributed by atoms with Gasteiger partial charge in [0.2, 0.25) is 0 Å². The lowest BCUT2D eigenvalue weighted by molar-refractivity contribution is -0.0577. The third-order valence-corrected chi connectivity index (χ3v) is 14.1. The average molecular weight is 598 g/mol. The highest BCUT2D eigenvalue weighted by Gasteiger charge is 2.59. The molecule has 4 aliphatic carbocycles. The first-order valence-corrected chi connectivity index (χ1v) is 18.5. The van der Waals surface area contributed by atoms with Crippen LogP contribution in [0.4, 0.5) is 10.5 Å². The molecule has 0 bridgehead atoms. The van der Waals surface area contributed by atoms with E-state index < -0.39 is 15.9 Å². The molecule has 8 atom stereocenters. The Balaban J connectivity index is 1.19. The zero-order valence-corrected chi connectivity index (χ0v) is 27.8. The number of ether oxygens (including phenoxy) is 1. The molecule has 3 fully saturated rings. The van der Waals surface area contributed by atoms with Gasteiger partial charge in [-0.25, -0.2) is 13.2 Å². The number of sulfone groups is 1. The lowest BCUT2D eigenvalue weighted by Crippen LogP contribution is -2.51. The molecule has 234 valence electrons. The maximum atomic E-state index is 12.8. The van der Waals surface area contributed by atoms with E-state index >= 15 is 0 Å². The Kier molecular flexibility index (Phi) is 9.24. The van der Waals surface area contributed by atoms with Gasteiger partial charge in [-0.05, 0) is 116 Å². The summed E-state index contributed by atoms with van der Waals surface area (Å²) in [5.41, 5.74) is 2.78. The van der Waals surface area contributed by atoms with Crippen molar-refractivity contribution in [3.8, 4) is 0 Å². The highest BCUT2D eigenvalue weighted by atomic mass is 32.2. The van der Waals surface area contributed by atoms with Gasteiger partial charge in [-0.15, -0.1) is 0 Å². The molecule has 0 aromatic heterocycles. The number of benzene rings is 1. The van der Waals surface area contributed by atoms with Crippen molar-refractivity contribution in [1.29, 1.82) is 0 Å². The summed E-state index contributed by atoms with van der Waals surface area (Å²) in [6, 6.07) is 6.34. The Morgan fingerprint density at radius 1 is 1.00 bits per heavy atom. The first kappa shape index (κ1) is 31.6. The summed E-state index contributed by atoms with van der Waals surface area (Å²) >= 11 is 0. The smallest absolute Gasteiger partial charge is 0.411 e. The number of rotatable bonds is 9. The summed E-state index contributed by atoms with van der Waals surface area (Å²) in [7, 11) is -3.26. The maximum Gasteiger partial charge on any atom is 0.411 e. The fourth-order valence-corrected chi connectivity index (χ4v) is 10.8. The summed E-state index contributed by atoms with van der Waals surface area (Å²) in [6.07, 6.45) is 15.7. The van der Waals surface area contributed by atoms with Crippen LogP contribution in [-0.4, -0.2) is 26.4 Å². The minimum Gasteiger partial charge on any atom is -0.446 e. The second-order valence-corrected chi connectivity index (χ2v) is 17.4. The standard InChI is InChI=1S/C36H55NO4S/c1-7-42(39,40)29-14-12-27(13-15-29)37-34(38)41-28-19-21-35(5)26(23-28)11-16-30-32-18-17-31(25(4)10-8-9-24(2)3)36(32,6)22-20-33(30)35/h11-15,24-25,28,30-33H,7-10,16-23H2,1-6H3,(H,37,38)/t25-,28-,30-,31+,32-,33-,35-,36+/m0/s1. The molecule has 0 aliphatic heterocycles.